The fraction of sp³-hybridized carbons (Fsp3) is 0.553. The summed E-state index contributed by atoms with van der Waals surface area (Å²) in [5.41, 5.74) is 2.24. The topological polar surface area (TPSA) is 146 Å². The van der Waals surface area contributed by atoms with Crippen molar-refractivity contribution in [2.24, 2.45) is 16.8 Å². The molecule has 4 heterocycles. The number of nitrogens with zero attached hydrogens (tertiary/aromatic N) is 4. The van der Waals surface area contributed by atoms with Crippen molar-refractivity contribution in [2.75, 3.05) is 67.4 Å². The highest BCUT2D eigenvalue weighted by molar-refractivity contribution is 6.74. The molecule has 1 aliphatic carbocycles. The number of ether oxygens (including phenoxy) is 5. The van der Waals surface area contributed by atoms with Crippen molar-refractivity contribution in [1.82, 2.24) is 14.7 Å². The fourth-order valence-corrected chi connectivity index (χ4v) is 8.61. The Kier molecular flexibility index (Phi) is 9.46. The number of rotatable bonds is 8. The molecule has 3 saturated heterocycles. The Labute approximate surface area is 310 Å². The number of hydrogen-bond donors (Lipinski definition) is 0. The standard InChI is InChI=1S/C38H48N4O10Si/c1-38(2,3)53(7,8)52-35-28(47-5)13-21(14-29(35)48-6)32-22-15-26-27(51-20-50-26)16-23(22)34(24-19-49-37(46)33(24)32)39-25-17-30(43)42(36(25)45)18-31(44)41-11-9-40(4)10-12-41/h13-16,24,32-34H,9-12,17-20H2,1-8H3/t24-,32+,33-,34+/m0/s1. The number of aliphatic imine (C=N–C) groups is 1. The van der Waals surface area contributed by atoms with Crippen molar-refractivity contribution in [1.29, 1.82) is 0 Å². The zero-order valence-electron chi connectivity index (χ0n) is 31.6. The summed E-state index contributed by atoms with van der Waals surface area (Å²) in [7, 11) is 2.81. The molecule has 7 rings (SSSR count). The van der Waals surface area contributed by atoms with Crippen molar-refractivity contribution in [3.05, 3.63) is 41.0 Å². The van der Waals surface area contributed by atoms with Gasteiger partial charge in [0.2, 0.25) is 18.6 Å². The number of benzene rings is 2. The quantitative estimate of drug-likeness (QED) is 0.221. The predicted octanol–water partition coefficient (Wildman–Crippen LogP) is 3.77. The summed E-state index contributed by atoms with van der Waals surface area (Å²) in [5, 5.41) is -0.0910. The van der Waals surface area contributed by atoms with E-state index in [2.05, 4.69) is 38.8 Å². The number of piperazine rings is 1. The molecule has 3 amide bonds. The second-order valence-corrected chi connectivity index (χ2v) is 20.6. The van der Waals surface area contributed by atoms with Gasteiger partial charge in [0.05, 0.1) is 39.2 Å². The average Bonchev–Trinajstić information content (AvgIpc) is 3.81. The van der Waals surface area contributed by atoms with E-state index in [1.165, 1.54) is 0 Å². The normalized spacial score (nSPS) is 25.1. The van der Waals surface area contributed by atoms with Crippen LogP contribution in [0.15, 0.2) is 29.3 Å². The van der Waals surface area contributed by atoms with Crippen LogP contribution in [-0.2, 0) is 23.9 Å². The maximum Gasteiger partial charge on any atom is 0.310 e. The number of methoxy groups -OCH3 is 2. The summed E-state index contributed by atoms with van der Waals surface area (Å²) in [6.45, 7) is 13.0. The molecule has 15 heteroatoms. The van der Waals surface area contributed by atoms with Gasteiger partial charge in [-0.25, -0.2) is 0 Å². The first-order valence-electron chi connectivity index (χ1n) is 18.0. The fourth-order valence-electron chi connectivity index (χ4n) is 7.59. The summed E-state index contributed by atoms with van der Waals surface area (Å²) in [5.74, 6) is -1.03. The van der Waals surface area contributed by atoms with E-state index in [0.717, 1.165) is 34.7 Å². The minimum atomic E-state index is -2.32. The number of carbonyl (C=O) groups is 4. The van der Waals surface area contributed by atoms with Crippen molar-refractivity contribution < 1.29 is 47.3 Å². The van der Waals surface area contributed by atoms with E-state index in [0.29, 0.717) is 41.8 Å². The maximum absolute atomic E-state index is 13.8. The highest BCUT2D eigenvalue weighted by atomic mass is 28.4. The monoisotopic (exact) mass is 748 g/mol. The molecule has 0 aromatic heterocycles. The molecule has 4 atom stereocenters. The van der Waals surface area contributed by atoms with E-state index in [1.807, 2.05) is 31.3 Å². The molecule has 14 nitrogen and oxygen atoms in total. The maximum atomic E-state index is 13.8. The van der Waals surface area contributed by atoms with Crippen LogP contribution in [0.5, 0.6) is 28.7 Å². The van der Waals surface area contributed by atoms with Crippen LogP contribution < -0.4 is 23.4 Å². The molecule has 53 heavy (non-hydrogen) atoms. The lowest BCUT2D eigenvalue weighted by Crippen LogP contribution is -2.50. The molecular weight excluding hydrogens is 701 g/mol. The Hall–Kier alpha value is -4.63. The van der Waals surface area contributed by atoms with Gasteiger partial charge in [0.25, 0.3) is 14.2 Å². The molecule has 0 saturated carbocycles. The van der Waals surface area contributed by atoms with Gasteiger partial charge >= 0.3 is 5.97 Å². The van der Waals surface area contributed by atoms with Crippen LogP contribution >= 0.6 is 0 Å². The first-order chi connectivity index (χ1) is 25.1. The second kappa shape index (κ2) is 13.7. The summed E-state index contributed by atoms with van der Waals surface area (Å²) in [6.07, 6.45) is -0.245. The van der Waals surface area contributed by atoms with Crippen molar-refractivity contribution in [2.45, 2.75) is 57.3 Å². The zero-order chi connectivity index (χ0) is 38.0. The third-order valence-corrected chi connectivity index (χ3v) is 16.0. The molecule has 284 valence electrons. The van der Waals surface area contributed by atoms with Crippen LogP contribution in [0.1, 0.15) is 55.8 Å². The predicted molar refractivity (Wildman–Crippen MR) is 195 cm³/mol. The Bertz CT molecular complexity index is 1860. The van der Waals surface area contributed by atoms with E-state index in [-0.39, 0.29) is 43.0 Å². The molecule has 5 aliphatic rings. The van der Waals surface area contributed by atoms with Crippen LogP contribution in [-0.4, -0.2) is 120 Å². The van der Waals surface area contributed by atoms with Gasteiger partial charge in [-0.1, -0.05) is 20.8 Å². The summed E-state index contributed by atoms with van der Waals surface area (Å²) < 4.78 is 35.9. The molecule has 0 spiro atoms. The first kappa shape index (κ1) is 36.7. The lowest BCUT2D eigenvalue weighted by Gasteiger charge is -2.39. The minimum Gasteiger partial charge on any atom is -0.539 e. The number of esters is 1. The Morgan fingerprint density at radius 2 is 1.55 bits per heavy atom. The molecule has 0 N–H and O–H groups in total. The van der Waals surface area contributed by atoms with E-state index >= 15 is 0 Å². The van der Waals surface area contributed by atoms with Crippen molar-refractivity contribution in [3.63, 3.8) is 0 Å². The molecular formula is C38H48N4O10Si. The molecule has 3 fully saturated rings. The highest BCUT2D eigenvalue weighted by Gasteiger charge is 2.54. The van der Waals surface area contributed by atoms with Gasteiger partial charge in [-0.2, -0.15) is 0 Å². The Morgan fingerprint density at radius 1 is 0.925 bits per heavy atom. The Balaban J connectivity index is 1.28. The van der Waals surface area contributed by atoms with Crippen LogP contribution in [0.25, 0.3) is 0 Å². The van der Waals surface area contributed by atoms with E-state index in [1.54, 1.807) is 19.1 Å². The molecule has 0 bridgehead atoms. The van der Waals surface area contributed by atoms with Gasteiger partial charge in [0, 0.05) is 38.0 Å². The van der Waals surface area contributed by atoms with Gasteiger partial charge in [0.1, 0.15) is 12.3 Å². The van der Waals surface area contributed by atoms with E-state index in [4.69, 9.17) is 33.1 Å². The summed E-state index contributed by atoms with van der Waals surface area (Å²) >= 11 is 0. The lowest BCUT2D eigenvalue weighted by atomic mass is 9.65. The number of cyclic esters (lactones) is 1. The zero-order valence-corrected chi connectivity index (χ0v) is 32.6. The number of likely N-dealkylation sites (N-methyl/N-ethyl adjacent to an activating group) is 1. The molecule has 2 aromatic rings. The van der Waals surface area contributed by atoms with Gasteiger partial charge < -0.3 is 37.9 Å². The molecule has 2 aromatic carbocycles. The smallest absolute Gasteiger partial charge is 0.310 e. The van der Waals surface area contributed by atoms with Crippen LogP contribution in [0.3, 0.4) is 0 Å². The number of fused-ring (bicyclic) bond motifs is 3. The third kappa shape index (κ3) is 6.51. The first-order valence-corrected chi connectivity index (χ1v) is 21.0. The van der Waals surface area contributed by atoms with Crippen molar-refractivity contribution >= 4 is 37.7 Å². The van der Waals surface area contributed by atoms with Crippen LogP contribution in [0.4, 0.5) is 0 Å². The van der Waals surface area contributed by atoms with Crippen molar-refractivity contribution in [3.8, 4) is 28.7 Å². The van der Waals surface area contributed by atoms with Gasteiger partial charge in [-0.3, -0.25) is 29.1 Å². The summed E-state index contributed by atoms with van der Waals surface area (Å²) in [6, 6.07) is 6.74. The van der Waals surface area contributed by atoms with E-state index in [9.17, 15) is 19.2 Å². The molecule has 4 aliphatic heterocycles. The minimum absolute atomic E-state index is 0.0292. The van der Waals surface area contributed by atoms with E-state index < -0.39 is 49.9 Å². The van der Waals surface area contributed by atoms with Crippen LogP contribution in [0.2, 0.25) is 18.1 Å². The number of carbonyl (C=O) groups excluding carboxylic acids is 4. The lowest BCUT2D eigenvalue weighted by molar-refractivity contribution is -0.145. The molecule has 0 radical (unpaired) electrons. The van der Waals surface area contributed by atoms with Gasteiger partial charge in [-0.15, -0.1) is 0 Å². The highest BCUT2D eigenvalue weighted by Crippen LogP contribution is 2.57. The third-order valence-electron chi connectivity index (χ3n) is 11.7. The summed E-state index contributed by atoms with van der Waals surface area (Å²) in [4.78, 5) is 63.6. The van der Waals surface area contributed by atoms with Gasteiger partial charge in [-0.05, 0) is 66.1 Å². The SMILES string of the molecule is COc1cc([C@@H]2c3cc4c(cc3[C@@H](N=C3CC(=O)N(CC(=O)N5CCN(C)CC5)C3=O)[C@H]3COC(=O)[C@H]23)OCO4)cc(OC)c1O[Si](C)(C)C(C)(C)C. The Morgan fingerprint density at radius 3 is 2.15 bits per heavy atom. The largest absolute Gasteiger partial charge is 0.539 e. The van der Waals surface area contributed by atoms with Crippen LogP contribution in [0, 0.1) is 11.8 Å². The number of hydrogen-bond acceptors (Lipinski definition) is 12. The number of imide groups is 1. The average molecular weight is 749 g/mol. The number of amides is 3. The number of likely N-dealkylation sites (tertiary alicyclic amines) is 1. The second-order valence-electron chi connectivity index (χ2n) is 15.9. The van der Waals surface area contributed by atoms with Gasteiger partial charge in [0.15, 0.2) is 28.7 Å². The molecule has 0 unspecified atom stereocenters.